The van der Waals surface area contributed by atoms with Crippen LogP contribution in [0.3, 0.4) is 0 Å². The van der Waals surface area contributed by atoms with E-state index in [-0.39, 0.29) is 50.4 Å². The number of carboxylic acid groups (broad SMARTS) is 1. The van der Waals surface area contributed by atoms with Gasteiger partial charge in [0.15, 0.2) is 0 Å². The molecule has 3 amide bonds. The Labute approximate surface area is 235 Å². The number of hydrogen-bond acceptors (Lipinski definition) is 3. The molecule has 3 unspecified atom stereocenters. The summed E-state index contributed by atoms with van der Waals surface area (Å²) >= 11 is 0. The van der Waals surface area contributed by atoms with Gasteiger partial charge in [0, 0.05) is 44.4 Å². The van der Waals surface area contributed by atoms with Crippen molar-refractivity contribution < 1.29 is 37.1 Å². The maximum atomic E-state index is 14.9. The summed E-state index contributed by atoms with van der Waals surface area (Å²) < 4.78 is 57.6. The fraction of sp³-hybridized carbons (Fsp3) is 0.500. The number of carbonyl (C=O) groups excluding carboxylic acids is 2. The van der Waals surface area contributed by atoms with Crippen LogP contribution in [0.2, 0.25) is 0 Å². The summed E-state index contributed by atoms with van der Waals surface area (Å²) in [5, 5.41) is 10.3. The number of urea groups is 1. The van der Waals surface area contributed by atoms with E-state index in [2.05, 4.69) is 0 Å². The molecule has 0 aromatic heterocycles. The number of para-hydroxylation sites is 1. The second-order valence-electron chi connectivity index (χ2n) is 11.5. The molecule has 11 heteroatoms. The number of aliphatic carboxylic acids is 1. The molecule has 2 fully saturated rings. The first-order valence-corrected chi connectivity index (χ1v) is 14.0. The highest BCUT2D eigenvalue weighted by Gasteiger charge is 2.50. The molecule has 1 saturated heterocycles. The Kier molecular flexibility index (Phi) is 7.74. The third-order valence-electron chi connectivity index (χ3n) is 8.77. The zero-order chi connectivity index (χ0) is 29.5. The minimum Gasteiger partial charge on any atom is -0.481 e. The van der Waals surface area contributed by atoms with Crippen LogP contribution in [0.25, 0.3) is 0 Å². The normalized spacial score (nSPS) is 25.5. The Morgan fingerprint density at radius 3 is 2.49 bits per heavy atom. The molecule has 0 spiro atoms. The molecule has 2 aliphatic heterocycles. The fourth-order valence-electron chi connectivity index (χ4n) is 6.68. The van der Waals surface area contributed by atoms with Crippen LogP contribution in [0.4, 0.5) is 33.7 Å². The van der Waals surface area contributed by atoms with Crippen molar-refractivity contribution in [1.82, 2.24) is 4.90 Å². The summed E-state index contributed by atoms with van der Waals surface area (Å²) in [5.74, 6) is -6.21. The number of carbonyl (C=O) groups is 3. The van der Waals surface area contributed by atoms with Gasteiger partial charge in [-0.15, -0.1) is 0 Å². The first kappa shape index (κ1) is 28.9. The quantitative estimate of drug-likeness (QED) is 0.444. The van der Waals surface area contributed by atoms with Crippen molar-refractivity contribution in [3.8, 4) is 0 Å². The second kappa shape index (κ2) is 11.0. The highest BCUT2D eigenvalue weighted by atomic mass is 19.3. The van der Waals surface area contributed by atoms with Gasteiger partial charge in [0.25, 0.3) is 0 Å². The number of hydrogen-bond donors (Lipinski definition) is 1. The van der Waals surface area contributed by atoms with E-state index in [1.807, 2.05) is 0 Å². The maximum Gasteiger partial charge on any atom is 0.324 e. The van der Waals surface area contributed by atoms with Gasteiger partial charge in [-0.2, -0.15) is 0 Å². The number of piperidine rings is 1. The van der Waals surface area contributed by atoms with E-state index in [0.717, 1.165) is 16.5 Å². The first-order valence-electron chi connectivity index (χ1n) is 14.0. The highest BCUT2D eigenvalue weighted by molar-refractivity contribution is 5.98. The van der Waals surface area contributed by atoms with Crippen LogP contribution >= 0.6 is 0 Å². The molecule has 220 valence electrons. The molecular weight excluding hydrogens is 542 g/mol. The predicted molar refractivity (Wildman–Crippen MR) is 144 cm³/mol. The second-order valence-corrected chi connectivity index (χ2v) is 11.5. The van der Waals surface area contributed by atoms with Crippen molar-refractivity contribution in [2.45, 2.75) is 76.3 Å². The van der Waals surface area contributed by atoms with E-state index >= 15 is 0 Å². The monoisotopic (exact) mass is 575 g/mol. The molecule has 3 aliphatic rings. The average molecular weight is 576 g/mol. The number of halogens is 4. The summed E-state index contributed by atoms with van der Waals surface area (Å²) in [6.07, 6.45) is -0.632. The van der Waals surface area contributed by atoms with Gasteiger partial charge in [-0.1, -0.05) is 18.2 Å². The third-order valence-corrected chi connectivity index (χ3v) is 8.77. The van der Waals surface area contributed by atoms with Crippen molar-refractivity contribution in [3.05, 3.63) is 59.7 Å². The lowest BCUT2D eigenvalue weighted by molar-refractivity contribution is -0.155. The molecule has 41 heavy (non-hydrogen) atoms. The molecule has 1 aliphatic carbocycles. The van der Waals surface area contributed by atoms with Crippen molar-refractivity contribution in [2.24, 2.45) is 5.41 Å². The van der Waals surface area contributed by atoms with Crippen LogP contribution in [0.15, 0.2) is 42.5 Å². The van der Waals surface area contributed by atoms with E-state index in [4.69, 9.17) is 0 Å². The Balaban J connectivity index is 1.37. The van der Waals surface area contributed by atoms with Crippen molar-refractivity contribution in [1.29, 1.82) is 0 Å². The van der Waals surface area contributed by atoms with Gasteiger partial charge in [-0.25, -0.2) is 22.4 Å². The molecule has 0 radical (unpaired) electrons. The molecular formula is C30H33F4N3O4. The standard InChI is InChI=1S/C30H33F4N3O4/c1-19-16-29(27(39)40,12-14-35(19)28(41)36-13-10-20-8-9-21(31)15-25(20)36)18-26(38)37(24-7-3-2-6-23(24)32)22-5-4-11-30(33,34)17-22/h2-3,6-9,15,19,22H,4-5,10-14,16-18H2,1H3,(H,39,40). The third kappa shape index (κ3) is 5.63. The largest absolute Gasteiger partial charge is 0.481 e. The number of amides is 3. The number of benzene rings is 2. The number of rotatable bonds is 5. The Hall–Kier alpha value is -3.63. The summed E-state index contributed by atoms with van der Waals surface area (Å²) in [5.41, 5.74) is -0.404. The number of carboxylic acids is 1. The zero-order valence-electron chi connectivity index (χ0n) is 22.8. The van der Waals surface area contributed by atoms with E-state index in [9.17, 15) is 37.1 Å². The number of nitrogens with zero attached hydrogens (tertiary/aromatic N) is 3. The molecule has 5 rings (SSSR count). The molecule has 0 bridgehead atoms. The molecule has 2 heterocycles. The first-order chi connectivity index (χ1) is 19.4. The Morgan fingerprint density at radius 1 is 1.05 bits per heavy atom. The van der Waals surface area contributed by atoms with Crippen LogP contribution < -0.4 is 9.80 Å². The summed E-state index contributed by atoms with van der Waals surface area (Å²) in [4.78, 5) is 44.0. The van der Waals surface area contributed by atoms with Crippen molar-refractivity contribution in [3.63, 3.8) is 0 Å². The van der Waals surface area contributed by atoms with Crippen LogP contribution in [-0.2, 0) is 16.0 Å². The van der Waals surface area contributed by atoms with Gasteiger partial charge in [0.1, 0.15) is 11.6 Å². The Morgan fingerprint density at radius 2 is 1.80 bits per heavy atom. The average Bonchev–Trinajstić information content (AvgIpc) is 3.32. The van der Waals surface area contributed by atoms with Crippen molar-refractivity contribution >= 4 is 29.3 Å². The van der Waals surface area contributed by atoms with Crippen LogP contribution in [0, 0.1) is 17.0 Å². The fourth-order valence-corrected chi connectivity index (χ4v) is 6.68. The van der Waals surface area contributed by atoms with E-state index in [0.29, 0.717) is 18.7 Å². The molecule has 7 nitrogen and oxygen atoms in total. The minimum atomic E-state index is -3.02. The maximum absolute atomic E-state index is 14.9. The lowest BCUT2D eigenvalue weighted by atomic mass is 9.72. The molecule has 3 atom stereocenters. The molecule has 1 saturated carbocycles. The van der Waals surface area contributed by atoms with Gasteiger partial charge in [0.05, 0.1) is 16.8 Å². The predicted octanol–water partition coefficient (Wildman–Crippen LogP) is 6.00. The number of likely N-dealkylation sites (tertiary alicyclic amines) is 1. The van der Waals surface area contributed by atoms with Gasteiger partial charge < -0.3 is 14.9 Å². The topological polar surface area (TPSA) is 81.2 Å². The molecule has 1 N–H and O–H groups in total. The van der Waals surface area contributed by atoms with Crippen molar-refractivity contribution in [2.75, 3.05) is 22.9 Å². The van der Waals surface area contributed by atoms with Crippen LogP contribution in [-0.4, -0.2) is 59.0 Å². The SMILES string of the molecule is CC1CC(CC(=O)N(c2ccccc2F)C2CCCC(F)(F)C2)(C(=O)O)CCN1C(=O)N1CCc2ccc(F)cc21. The van der Waals surface area contributed by atoms with Crippen LogP contribution in [0.5, 0.6) is 0 Å². The van der Waals surface area contributed by atoms with Gasteiger partial charge in [-0.05, 0) is 68.9 Å². The number of fused-ring (bicyclic) bond motifs is 1. The Bertz CT molecular complexity index is 1350. The number of anilines is 2. The van der Waals surface area contributed by atoms with E-state index < -0.39 is 59.8 Å². The summed E-state index contributed by atoms with van der Waals surface area (Å²) in [6.45, 7) is 2.09. The van der Waals surface area contributed by atoms with Crippen LogP contribution in [0.1, 0.15) is 57.4 Å². The molecule has 2 aromatic rings. The van der Waals surface area contributed by atoms with E-state index in [1.165, 1.54) is 40.1 Å². The highest BCUT2D eigenvalue weighted by Crippen LogP contribution is 2.43. The summed E-state index contributed by atoms with van der Waals surface area (Å²) in [6, 6.07) is 7.76. The van der Waals surface area contributed by atoms with Gasteiger partial charge in [-0.3, -0.25) is 14.5 Å². The summed E-state index contributed by atoms with van der Waals surface area (Å²) in [7, 11) is 0. The lowest BCUT2D eigenvalue weighted by Gasteiger charge is -2.45. The smallest absolute Gasteiger partial charge is 0.324 e. The van der Waals surface area contributed by atoms with Gasteiger partial charge >= 0.3 is 12.0 Å². The van der Waals surface area contributed by atoms with Gasteiger partial charge in [0.2, 0.25) is 11.8 Å². The minimum absolute atomic E-state index is 0.0297. The number of alkyl halides is 2. The van der Waals surface area contributed by atoms with E-state index in [1.54, 1.807) is 13.0 Å². The lowest BCUT2D eigenvalue weighted by Crippen LogP contribution is -2.56. The zero-order valence-corrected chi connectivity index (χ0v) is 22.8. The molecule has 2 aromatic carbocycles.